The van der Waals surface area contributed by atoms with Gasteiger partial charge in [-0.1, -0.05) is 11.6 Å². The second kappa shape index (κ2) is 9.65. The molecule has 0 aromatic carbocycles. The van der Waals surface area contributed by atoms with Gasteiger partial charge in [0.2, 0.25) is 0 Å². The first-order valence-electron chi connectivity index (χ1n) is 12.7. The van der Waals surface area contributed by atoms with Crippen LogP contribution in [-0.4, -0.2) is 93.5 Å². The topological polar surface area (TPSA) is 83.9 Å². The van der Waals surface area contributed by atoms with Crippen molar-refractivity contribution < 1.29 is 23.0 Å². The molecule has 0 spiro atoms. The number of carbonyl (C=O) groups excluding carboxylic acids is 1. The minimum atomic E-state index is -0.888. The van der Waals surface area contributed by atoms with E-state index < -0.39 is 23.1 Å². The van der Waals surface area contributed by atoms with Gasteiger partial charge in [0.15, 0.2) is 11.0 Å². The first-order valence-corrected chi connectivity index (χ1v) is 13.1. The van der Waals surface area contributed by atoms with Crippen molar-refractivity contribution in [1.82, 2.24) is 24.8 Å². The molecular weight excluding hydrogens is 506 g/mol. The zero-order chi connectivity index (χ0) is 26.5. The quantitative estimate of drug-likeness (QED) is 0.535. The smallest absolute Gasteiger partial charge is 0.410 e. The lowest BCUT2D eigenvalue weighted by atomic mass is 9.95. The number of aromatic nitrogens is 3. The number of piperazine rings is 1. The number of halogens is 3. The van der Waals surface area contributed by atoms with Crippen molar-refractivity contribution in [3.8, 4) is 6.01 Å². The van der Waals surface area contributed by atoms with Crippen LogP contribution in [0.4, 0.5) is 19.4 Å². The highest BCUT2D eigenvalue weighted by Gasteiger charge is 2.49. The number of hydrogen-bond acceptors (Lipinski definition) is 8. The summed E-state index contributed by atoms with van der Waals surface area (Å²) in [4.78, 5) is 31.4. The summed E-state index contributed by atoms with van der Waals surface area (Å²) in [5.41, 5.74) is -0.971. The Kier molecular flexibility index (Phi) is 6.81. The second-order valence-electron chi connectivity index (χ2n) is 11.3. The molecule has 3 atom stereocenters. The molecule has 0 N–H and O–H groups in total. The molecule has 2 aromatic heterocycles. The van der Waals surface area contributed by atoms with Gasteiger partial charge < -0.3 is 19.3 Å². The van der Waals surface area contributed by atoms with E-state index in [9.17, 15) is 9.18 Å². The number of pyridine rings is 1. The maximum atomic E-state index is 15.1. The summed E-state index contributed by atoms with van der Waals surface area (Å²) in [6.45, 7) is 10.2. The van der Waals surface area contributed by atoms with E-state index in [0.29, 0.717) is 43.8 Å². The van der Waals surface area contributed by atoms with Gasteiger partial charge in [-0.25, -0.2) is 18.6 Å². The predicted octanol–water partition coefficient (Wildman–Crippen LogP) is 4.22. The van der Waals surface area contributed by atoms with E-state index in [0.717, 1.165) is 19.4 Å². The lowest BCUT2D eigenvalue weighted by molar-refractivity contribution is 0.0218. The lowest BCUT2D eigenvalue weighted by Gasteiger charge is -2.41. The predicted molar refractivity (Wildman–Crippen MR) is 135 cm³/mol. The number of nitrogens with zero attached hydrogens (tertiary/aromatic N) is 6. The zero-order valence-corrected chi connectivity index (χ0v) is 22.4. The van der Waals surface area contributed by atoms with Crippen LogP contribution in [0.15, 0.2) is 6.20 Å². The van der Waals surface area contributed by atoms with Gasteiger partial charge in [-0.3, -0.25) is 4.90 Å². The molecule has 12 heteroatoms. The van der Waals surface area contributed by atoms with Gasteiger partial charge in [0.25, 0.3) is 0 Å². The SMILES string of the molecule is C[C@H]1CN(C(=O)OC(C)(C)C)CCN1c1nc(OC[C@@]23CCCN2C[C@H](F)C3)nc2c(F)c(Cl)ncc12. The fourth-order valence-corrected chi connectivity index (χ4v) is 5.83. The second-order valence-corrected chi connectivity index (χ2v) is 11.6. The Morgan fingerprint density at radius 3 is 2.76 bits per heavy atom. The third-order valence-electron chi connectivity index (χ3n) is 7.38. The summed E-state index contributed by atoms with van der Waals surface area (Å²) in [6, 6.07) is -0.147. The van der Waals surface area contributed by atoms with Crippen molar-refractivity contribution in [2.24, 2.45) is 0 Å². The summed E-state index contributed by atoms with van der Waals surface area (Å²) in [5, 5.41) is 0.111. The molecule has 0 aliphatic carbocycles. The van der Waals surface area contributed by atoms with Gasteiger partial charge in [-0.2, -0.15) is 9.97 Å². The number of hydrogen-bond donors (Lipinski definition) is 0. The fraction of sp³-hybridized carbons (Fsp3) is 0.680. The Balaban J connectivity index is 1.42. The molecule has 2 aromatic rings. The lowest BCUT2D eigenvalue weighted by Crippen LogP contribution is -2.55. The Labute approximate surface area is 220 Å². The molecule has 1 amide bonds. The third kappa shape index (κ3) is 5.12. The highest BCUT2D eigenvalue weighted by Crippen LogP contribution is 2.40. The fourth-order valence-electron chi connectivity index (χ4n) is 5.70. The van der Waals surface area contributed by atoms with Crippen LogP contribution in [0.5, 0.6) is 6.01 Å². The first kappa shape index (κ1) is 26.1. The van der Waals surface area contributed by atoms with Crippen LogP contribution in [0.1, 0.15) is 47.0 Å². The van der Waals surface area contributed by atoms with E-state index in [2.05, 4.69) is 19.9 Å². The molecule has 0 saturated carbocycles. The number of anilines is 1. The summed E-state index contributed by atoms with van der Waals surface area (Å²) in [5.74, 6) is -0.298. The van der Waals surface area contributed by atoms with E-state index >= 15 is 4.39 Å². The van der Waals surface area contributed by atoms with Crippen molar-refractivity contribution in [2.75, 3.05) is 44.2 Å². The number of alkyl halides is 1. The molecule has 202 valence electrons. The molecule has 9 nitrogen and oxygen atoms in total. The Morgan fingerprint density at radius 2 is 2.03 bits per heavy atom. The highest BCUT2D eigenvalue weighted by atomic mass is 35.5. The van der Waals surface area contributed by atoms with E-state index in [1.54, 1.807) is 4.90 Å². The summed E-state index contributed by atoms with van der Waals surface area (Å²) < 4.78 is 40.9. The zero-order valence-electron chi connectivity index (χ0n) is 21.6. The van der Waals surface area contributed by atoms with E-state index in [4.69, 9.17) is 21.1 Å². The monoisotopic (exact) mass is 538 g/mol. The number of carbonyl (C=O) groups is 1. The maximum Gasteiger partial charge on any atom is 0.410 e. The molecule has 3 fully saturated rings. The van der Waals surface area contributed by atoms with Crippen LogP contribution in [0.2, 0.25) is 5.15 Å². The maximum absolute atomic E-state index is 15.1. The molecule has 3 aliphatic heterocycles. The number of rotatable bonds is 4. The molecule has 3 saturated heterocycles. The van der Waals surface area contributed by atoms with Gasteiger partial charge in [0.05, 0.1) is 10.9 Å². The van der Waals surface area contributed by atoms with Crippen molar-refractivity contribution in [3.63, 3.8) is 0 Å². The minimum Gasteiger partial charge on any atom is -0.461 e. The number of fused-ring (bicyclic) bond motifs is 2. The largest absolute Gasteiger partial charge is 0.461 e. The Morgan fingerprint density at radius 1 is 1.24 bits per heavy atom. The van der Waals surface area contributed by atoms with Crippen LogP contribution in [0, 0.1) is 5.82 Å². The van der Waals surface area contributed by atoms with E-state index in [1.807, 2.05) is 32.6 Å². The summed E-state index contributed by atoms with van der Waals surface area (Å²) >= 11 is 5.97. The molecule has 0 radical (unpaired) electrons. The van der Waals surface area contributed by atoms with E-state index in [1.165, 1.54) is 6.20 Å². The van der Waals surface area contributed by atoms with Crippen LogP contribution in [0.3, 0.4) is 0 Å². The van der Waals surface area contributed by atoms with E-state index in [-0.39, 0.29) is 35.4 Å². The molecule has 5 rings (SSSR count). The van der Waals surface area contributed by atoms with Crippen molar-refractivity contribution in [2.45, 2.75) is 70.3 Å². The molecule has 0 bridgehead atoms. The molecule has 0 unspecified atom stereocenters. The highest BCUT2D eigenvalue weighted by molar-refractivity contribution is 6.30. The molecule has 37 heavy (non-hydrogen) atoms. The van der Waals surface area contributed by atoms with Crippen molar-refractivity contribution in [1.29, 1.82) is 0 Å². The van der Waals surface area contributed by atoms with Crippen molar-refractivity contribution in [3.05, 3.63) is 17.2 Å². The van der Waals surface area contributed by atoms with Gasteiger partial charge in [-0.15, -0.1) is 0 Å². The van der Waals surface area contributed by atoms with Crippen LogP contribution < -0.4 is 9.64 Å². The minimum absolute atomic E-state index is 0.00831. The van der Waals surface area contributed by atoms with Gasteiger partial charge in [0.1, 0.15) is 29.7 Å². The normalized spacial score (nSPS) is 26.6. The van der Waals surface area contributed by atoms with Gasteiger partial charge in [-0.05, 0) is 47.1 Å². The van der Waals surface area contributed by atoms with Crippen LogP contribution in [-0.2, 0) is 4.74 Å². The average Bonchev–Trinajstić information content (AvgIpc) is 3.34. The number of ether oxygens (including phenoxy) is 2. The summed E-state index contributed by atoms with van der Waals surface area (Å²) in [6.07, 6.45) is 2.41. The molecular formula is C25H33ClF2N6O3. The van der Waals surface area contributed by atoms with Crippen LogP contribution in [0.25, 0.3) is 10.9 Å². The van der Waals surface area contributed by atoms with Gasteiger partial charge >= 0.3 is 12.1 Å². The molecule has 5 heterocycles. The average molecular weight is 539 g/mol. The Bertz CT molecular complexity index is 1200. The molecule has 3 aliphatic rings. The number of amides is 1. The van der Waals surface area contributed by atoms with Crippen LogP contribution >= 0.6 is 11.6 Å². The Hall–Kier alpha value is -2.53. The summed E-state index contributed by atoms with van der Waals surface area (Å²) in [7, 11) is 0. The first-order chi connectivity index (χ1) is 17.5. The third-order valence-corrected chi connectivity index (χ3v) is 7.65. The van der Waals surface area contributed by atoms with Crippen molar-refractivity contribution >= 4 is 34.4 Å². The standard InChI is InChI=1S/C25H33ClF2N6O3/c1-15-12-32(23(35)37-24(2,3)4)8-9-34(15)21-17-11-29-20(26)18(28)19(17)30-22(31-21)36-14-25-6-5-7-33(25)13-16(27)10-25/h11,15-16H,5-10,12-14H2,1-4H3/t15-,16+,25-/m0/s1. The van der Waals surface area contributed by atoms with Gasteiger partial charge in [0, 0.05) is 44.8 Å².